The van der Waals surface area contributed by atoms with Crippen LogP contribution >= 0.6 is 11.8 Å². The highest BCUT2D eigenvalue weighted by atomic mass is 32.2. The van der Waals surface area contributed by atoms with Gasteiger partial charge in [0.05, 0.1) is 0 Å². The summed E-state index contributed by atoms with van der Waals surface area (Å²) in [6, 6.07) is 9.73. The molecule has 1 aromatic rings. The van der Waals surface area contributed by atoms with Gasteiger partial charge in [-0.2, -0.15) is 0 Å². The van der Waals surface area contributed by atoms with E-state index in [1.54, 1.807) is 0 Å². The Kier molecular flexibility index (Phi) is 4.05. The molecule has 5 nitrogen and oxygen atoms in total. The van der Waals surface area contributed by atoms with Crippen LogP contribution in [0, 0.1) is 17.8 Å². The van der Waals surface area contributed by atoms with Crippen molar-refractivity contribution in [3.63, 3.8) is 0 Å². The summed E-state index contributed by atoms with van der Waals surface area (Å²) in [6.45, 7) is 6.08. The highest BCUT2D eigenvalue weighted by Gasteiger charge is 2.75. The second-order valence-corrected chi connectivity index (χ2v) is 9.83. The summed E-state index contributed by atoms with van der Waals surface area (Å²) in [4.78, 5) is 26.2. The highest BCUT2D eigenvalue weighted by molar-refractivity contribution is 8.13. The first-order chi connectivity index (χ1) is 12.9. The number of ether oxygens (including phenoxy) is 2. The van der Waals surface area contributed by atoms with Gasteiger partial charge in [0.25, 0.3) is 0 Å². The minimum Gasteiger partial charge on any atom is -0.334 e. The molecule has 6 heteroatoms. The van der Waals surface area contributed by atoms with Crippen LogP contribution in [0.2, 0.25) is 0 Å². The van der Waals surface area contributed by atoms with Crippen molar-refractivity contribution in [2.45, 2.75) is 74.6 Å². The topological polar surface area (TPSA) is 54.0 Å². The van der Waals surface area contributed by atoms with Gasteiger partial charge in [-0.15, -0.1) is 0 Å². The molecule has 146 valence electrons. The molecule has 4 aliphatic heterocycles. The molecule has 0 amide bonds. The summed E-state index contributed by atoms with van der Waals surface area (Å²) < 4.78 is 12.7. The molecule has 1 aliphatic carbocycles. The third kappa shape index (κ3) is 2.50. The molecule has 1 spiro atoms. The first kappa shape index (κ1) is 18.1. The number of rotatable bonds is 2. The fourth-order valence-corrected chi connectivity index (χ4v) is 6.50. The fourth-order valence-electron chi connectivity index (χ4n) is 5.60. The predicted molar refractivity (Wildman–Crippen MR) is 99.6 cm³/mol. The lowest BCUT2D eigenvalue weighted by Crippen LogP contribution is -2.62. The van der Waals surface area contributed by atoms with E-state index in [0.717, 1.165) is 30.6 Å². The highest BCUT2D eigenvalue weighted by Crippen LogP contribution is 2.64. The second kappa shape index (κ2) is 6.04. The van der Waals surface area contributed by atoms with E-state index in [4.69, 9.17) is 19.2 Å². The fraction of sp³-hybridized carbons (Fsp3) is 0.667. The number of hydrogen-bond donors (Lipinski definition) is 0. The van der Waals surface area contributed by atoms with Crippen LogP contribution in [0.4, 0.5) is 0 Å². The second-order valence-electron chi connectivity index (χ2n) is 8.78. The lowest BCUT2D eigenvalue weighted by atomic mass is 9.60. The van der Waals surface area contributed by atoms with Gasteiger partial charge in [-0.1, -0.05) is 25.1 Å². The Morgan fingerprint density at radius 3 is 2.63 bits per heavy atom. The largest absolute Gasteiger partial charge is 0.334 e. The van der Waals surface area contributed by atoms with Crippen LogP contribution in [-0.2, 0) is 24.0 Å². The van der Waals surface area contributed by atoms with Gasteiger partial charge in [0, 0.05) is 17.2 Å². The van der Waals surface area contributed by atoms with E-state index in [-0.39, 0.29) is 17.0 Å². The molecule has 1 aromatic carbocycles. The van der Waals surface area contributed by atoms with Gasteiger partial charge in [-0.05, 0) is 68.8 Å². The van der Waals surface area contributed by atoms with Crippen LogP contribution in [0.25, 0.3) is 0 Å². The lowest BCUT2D eigenvalue weighted by molar-refractivity contribution is -0.541. The first-order valence-corrected chi connectivity index (χ1v) is 10.7. The van der Waals surface area contributed by atoms with Crippen molar-refractivity contribution in [2.24, 2.45) is 17.8 Å². The van der Waals surface area contributed by atoms with E-state index < -0.39 is 23.3 Å². The number of thioether (sulfide) groups is 1. The third-order valence-electron chi connectivity index (χ3n) is 7.09. The number of fused-ring (bicyclic) bond motifs is 2. The van der Waals surface area contributed by atoms with E-state index in [1.165, 1.54) is 11.8 Å². The molecule has 5 fully saturated rings. The number of carbonyl (C=O) groups is 1. The van der Waals surface area contributed by atoms with Crippen LogP contribution in [0.5, 0.6) is 0 Å². The van der Waals surface area contributed by atoms with Crippen LogP contribution in [0.1, 0.15) is 46.5 Å². The average Bonchev–Trinajstić information content (AvgIpc) is 2.74. The zero-order valence-corrected chi connectivity index (χ0v) is 16.8. The molecule has 0 aromatic heterocycles. The Hall–Kier alpha value is -0.920. The Morgan fingerprint density at radius 1 is 1.07 bits per heavy atom. The van der Waals surface area contributed by atoms with Gasteiger partial charge in [0.15, 0.2) is 11.9 Å². The molecule has 27 heavy (non-hydrogen) atoms. The maximum absolute atomic E-state index is 13.4. The molecule has 6 rings (SSSR count). The lowest BCUT2D eigenvalue weighted by Gasteiger charge is -2.50. The summed E-state index contributed by atoms with van der Waals surface area (Å²) in [5.41, 5.74) is -1.66. The minimum absolute atomic E-state index is 0.00949. The van der Waals surface area contributed by atoms with E-state index in [9.17, 15) is 4.79 Å². The Balaban J connectivity index is 1.53. The van der Waals surface area contributed by atoms with Gasteiger partial charge in [-0.25, -0.2) is 9.78 Å². The number of hydrogen-bond acceptors (Lipinski definition) is 6. The minimum atomic E-state index is -0.963. The molecule has 0 N–H and O–H groups in total. The van der Waals surface area contributed by atoms with E-state index in [1.807, 2.05) is 44.2 Å². The number of benzene rings is 1. The zero-order chi connectivity index (χ0) is 18.9. The molecular weight excluding hydrogens is 364 g/mol. The maximum atomic E-state index is 13.4. The van der Waals surface area contributed by atoms with Crippen LogP contribution in [0.3, 0.4) is 0 Å². The standard InChI is InChI=1S/C21H26O5S/c1-13-9-10-16-20(3,17(22)27-14-7-5-4-6-8-14)24-18-21(16)15(13)11-12-19(2,23-18)25-26-21/h4-8,13,15-16,18H,9-12H2,1-3H3/t13-,15+,16?,18-,19-,20+,21-/m1/s1. The summed E-state index contributed by atoms with van der Waals surface area (Å²) >= 11 is 1.24. The Labute approximate surface area is 164 Å². The molecule has 1 saturated carbocycles. The van der Waals surface area contributed by atoms with Crippen LogP contribution in [-0.4, -0.2) is 28.4 Å². The molecule has 1 unspecified atom stereocenters. The zero-order valence-electron chi connectivity index (χ0n) is 16.0. The average molecular weight is 391 g/mol. The predicted octanol–water partition coefficient (Wildman–Crippen LogP) is 4.31. The van der Waals surface area contributed by atoms with Crippen molar-refractivity contribution in [2.75, 3.05) is 0 Å². The normalized spacial score (nSPS) is 48.1. The van der Waals surface area contributed by atoms with Gasteiger partial charge in [0.2, 0.25) is 10.9 Å². The van der Waals surface area contributed by atoms with Crippen molar-refractivity contribution in [3.05, 3.63) is 30.3 Å². The maximum Gasteiger partial charge on any atom is 0.225 e. The SMILES string of the molecule is C[C@@H]1CCC2[C@]34OO[C@](C)(CC[C@@H]13)O[C@@H]4O[C@]2(C)C(=O)Sc1ccccc1. The summed E-state index contributed by atoms with van der Waals surface area (Å²) in [5, 5.41) is 0.00949. The smallest absolute Gasteiger partial charge is 0.225 e. The summed E-state index contributed by atoms with van der Waals surface area (Å²) in [6.07, 6.45) is 3.10. The number of carbonyl (C=O) groups excluding carboxylic acids is 1. The van der Waals surface area contributed by atoms with Gasteiger partial charge >= 0.3 is 0 Å². The molecule has 4 heterocycles. The van der Waals surface area contributed by atoms with Crippen molar-refractivity contribution < 1.29 is 24.0 Å². The van der Waals surface area contributed by atoms with Crippen molar-refractivity contribution in [1.29, 1.82) is 0 Å². The monoisotopic (exact) mass is 390 g/mol. The van der Waals surface area contributed by atoms with E-state index in [2.05, 4.69) is 6.92 Å². The van der Waals surface area contributed by atoms with Gasteiger partial charge < -0.3 is 9.47 Å². The van der Waals surface area contributed by atoms with Crippen LogP contribution < -0.4 is 0 Å². The summed E-state index contributed by atoms with van der Waals surface area (Å²) in [7, 11) is 0. The third-order valence-corrected chi connectivity index (χ3v) is 8.19. The molecule has 2 bridgehead atoms. The molecule has 4 saturated heterocycles. The van der Waals surface area contributed by atoms with Crippen molar-refractivity contribution >= 4 is 16.9 Å². The molecule has 0 radical (unpaired) electrons. The Morgan fingerprint density at radius 2 is 1.85 bits per heavy atom. The van der Waals surface area contributed by atoms with E-state index in [0.29, 0.717) is 5.92 Å². The molecular formula is C21H26O5S. The van der Waals surface area contributed by atoms with Gasteiger partial charge in [0.1, 0.15) is 5.60 Å². The van der Waals surface area contributed by atoms with E-state index >= 15 is 0 Å². The van der Waals surface area contributed by atoms with Crippen molar-refractivity contribution in [1.82, 2.24) is 0 Å². The summed E-state index contributed by atoms with van der Waals surface area (Å²) in [5.74, 6) is -0.137. The van der Waals surface area contributed by atoms with Crippen LogP contribution in [0.15, 0.2) is 35.2 Å². The Bertz CT molecular complexity index is 756. The first-order valence-electron chi connectivity index (χ1n) is 9.87. The molecule has 7 atom stereocenters. The quantitative estimate of drug-likeness (QED) is 0.554. The molecule has 5 aliphatic rings. The van der Waals surface area contributed by atoms with Crippen molar-refractivity contribution in [3.8, 4) is 0 Å². The van der Waals surface area contributed by atoms with Gasteiger partial charge in [-0.3, -0.25) is 4.79 Å².